The number of esters is 1. The molecule has 0 bridgehead atoms. The van der Waals surface area contributed by atoms with E-state index < -0.39 is 54.6 Å². The molecule has 0 aromatic carbocycles. The Kier molecular flexibility index (Phi) is 13.3. The van der Waals surface area contributed by atoms with Gasteiger partial charge in [-0.25, -0.2) is 0 Å². The topological polar surface area (TPSA) is 26.3 Å². The SMILES string of the molecule is CCCCOC(=O)CCCCCCCCCCC(F)(F)C(F)(F)C(F)(F)C(F)(F)C(F)(F)C(F)(F)C(F)(F)F. The van der Waals surface area contributed by atoms with E-state index in [0.29, 0.717) is 38.7 Å². The summed E-state index contributed by atoms with van der Waals surface area (Å²) in [6.45, 7) is 2.22. The maximum atomic E-state index is 13.8. The molecule has 234 valence electrons. The van der Waals surface area contributed by atoms with Crippen LogP contribution in [0.3, 0.4) is 0 Å². The number of hydrogen-bond acceptors (Lipinski definition) is 2. The maximum absolute atomic E-state index is 13.8. The highest BCUT2D eigenvalue weighted by Gasteiger charge is 2.93. The standard InChI is InChI=1S/C22H29F15O2/c1-2-3-14-39-15(38)12-10-8-6-4-5-7-9-11-13-16(23,24)17(25,26)18(27,28)19(29,30)20(31,32)21(33,34)22(35,36)37/h2-14H2,1H3. The third-order valence-corrected chi connectivity index (χ3v) is 5.78. The molecule has 0 amide bonds. The Morgan fingerprint density at radius 3 is 1.33 bits per heavy atom. The number of unbranched alkanes of at least 4 members (excludes halogenated alkanes) is 8. The molecule has 0 aromatic rings. The smallest absolute Gasteiger partial charge is 0.460 e. The number of carbonyl (C=O) groups excluding carboxylic acids is 1. The Morgan fingerprint density at radius 1 is 0.513 bits per heavy atom. The van der Waals surface area contributed by atoms with Crippen molar-refractivity contribution in [2.45, 2.75) is 126 Å². The van der Waals surface area contributed by atoms with Gasteiger partial charge in [-0.3, -0.25) is 4.79 Å². The van der Waals surface area contributed by atoms with E-state index in [1.165, 1.54) is 0 Å². The zero-order valence-electron chi connectivity index (χ0n) is 20.7. The van der Waals surface area contributed by atoms with Crippen LogP contribution in [0.2, 0.25) is 0 Å². The second-order valence-corrected chi connectivity index (χ2v) is 8.98. The van der Waals surface area contributed by atoms with E-state index in [0.717, 1.165) is 12.8 Å². The van der Waals surface area contributed by atoms with Gasteiger partial charge in [0.25, 0.3) is 0 Å². The van der Waals surface area contributed by atoms with Crippen molar-refractivity contribution in [2.24, 2.45) is 0 Å². The van der Waals surface area contributed by atoms with Crippen molar-refractivity contribution in [3.63, 3.8) is 0 Å². The number of ether oxygens (including phenoxy) is 1. The van der Waals surface area contributed by atoms with Crippen LogP contribution in [-0.4, -0.2) is 54.3 Å². The Morgan fingerprint density at radius 2 is 0.897 bits per heavy atom. The predicted molar refractivity (Wildman–Crippen MR) is 108 cm³/mol. The van der Waals surface area contributed by atoms with Gasteiger partial charge in [0.15, 0.2) is 0 Å². The van der Waals surface area contributed by atoms with Gasteiger partial charge >= 0.3 is 47.7 Å². The predicted octanol–water partition coefficient (Wildman–Crippen LogP) is 9.60. The average molecular weight is 610 g/mol. The fourth-order valence-corrected chi connectivity index (χ4v) is 3.24. The highest BCUT2D eigenvalue weighted by molar-refractivity contribution is 5.69. The molecule has 0 saturated heterocycles. The summed E-state index contributed by atoms with van der Waals surface area (Å²) in [6.07, 6.45) is -6.91. The molecule has 0 N–H and O–H groups in total. The molecule has 0 rings (SSSR count). The van der Waals surface area contributed by atoms with Crippen molar-refractivity contribution in [3.05, 3.63) is 0 Å². The molecule has 0 aromatic heterocycles. The average Bonchev–Trinajstić information content (AvgIpc) is 2.79. The summed E-state index contributed by atoms with van der Waals surface area (Å²) in [5.41, 5.74) is 0. The van der Waals surface area contributed by atoms with Crippen LogP contribution >= 0.6 is 0 Å². The lowest BCUT2D eigenvalue weighted by atomic mass is 9.89. The quantitative estimate of drug-likeness (QED) is 0.0828. The summed E-state index contributed by atoms with van der Waals surface area (Å²) in [4.78, 5) is 11.4. The third-order valence-electron chi connectivity index (χ3n) is 5.78. The summed E-state index contributed by atoms with van der Waals surface area (Å²) in [5.74, 6) is -46.4. The molecule has 39 heavy (non-hydrogen) atoms. The van der Waals surface area contributed by atoms with Gasteiger partial charge in [-0.2, -0.15) is 65.9 Å². The fourth-order valence-electron chi connectivity index (χ4n) is 3.24. The summed E-state index contributed by atoms with van der Waals surface area (Å²) in [6, 6.07) is 0. The number of hydrogen-bond donors (Lipinski definition) is 0. The summed E-state index contributed by atoms with van der Waals surface area (Å²) in [5, 5.41) is 0. The minimum atomic E-state index is -8.24. The second-order valence-electron chi connectivity index (χ2n) is 8.98. The molecule has 0 unspecified atom stereocenters. The van der Waals surface area contributed by atoms with E-state index in [2.05, 4.69) is 0 Å². The van der Waals surface area contributed by atoms with Gasteiger partial charge in [0, 0.05) is 12.8 Å². The Hall–Kier alpha value is -1.58. The molecule has 0 aliphatic rings. The van der Waals surface area contributed by atoms with Gasteiger partial charge in [0.1, 0.15) is 0 Å². The third kappa shape index (κ3) is 8.46. The summed E-state index contributed by atoms with van der Waals surface area (Å²) < 4.78 is 202. The van der Waals surface area contributed by atoms with Gasteiger partial charge in [-0.1, -0.05) is 51.9 Å². The van der Waals surface area contributed by atoms with Crippen molar-refractivity contribution in [1.29, 1.82) is 0 Å². The second kappa shape index (κ2) is 13.9. The molecule has 0 heterocycles. The van der Waals surface area contributed by atoms with Crippen molar-refractivity contribution in [3.8, 4) is 0 Å². The van der Waals surface area contributed by atoms with E-state index in [1.807, 2.05) is 6.92 Å². The van der Waals surface area contributed by atoms with Gasteiger partial charge in [0.2, 0.25) is 0 Å². The maximum Gasteiger partial charge on any atom is 0.460 e. The van der Waals surface area contributed by atoms with E-state index in [1.54, 1.807) is 0 Å². The summed E-state index contributed by atoms with van der Waals surface area (Å²) in [7, 11) is 0. The normalized spacial score (nSPS) is 14.6. The first-order chi connectivity index (χ1) is 17.5. The molecule has 0 aliphatic heterocycles. The summed E-state index contributed by atoms with van der Waals surface area (Å²) >= 11 is 0. The van der Waals surface area contributed by atoms with Crippen molar-refractivity contribution >= 4 is 5.97 Å². The van der Waals surface area contributed by atoms with Crippen LogP contribution in [0.15, 0.2) is 0 Å². The van der Waals surface area contributed by atoms with Crippen LogP contribution in [0.25, 0.3) is 0 Å². The van der Waals surface area contributed by atoms with E-state index >= 15 is 0 Å². The van der Waals surface area contributed by atoms with Crippen molar-refractivity contribution in [2.75, 3.05) is 6.61 Å². The van der Waals surface area contributed by atoms with E-state index in [9.17, 15) is 70.7 Å². The van der Waals surface area contributed by atoms with Gasteiger partial charge in [-0.15, -0.1) is 0 Å². The van der Waals surface area contributed by atoms with Gasteiger partial charge in [-0.05, 0) is 19.3 Å². The molecule has 17 heteroatoms. The van der Waals surface area contributed by atoms with Crippen molar-refractivity contribution in [1.82, 2.24) is 0 Å². The van der Waals surface area contributed by atoms with Crippen LogP contribution in [0.5, 0.6) is 0 Å². The first kappa shape index (κ1) is 37.4. The first-order valence-electron chi connectivity index (χ1n) is 11.9. The molecule has 0 atom stereocenters. The zero-order chi connectivity index (χ0) is 31.0. The zero-order valence-corrected chi connectivity index (χ0v) is 20.7. The Bertz CT molecular complexity index is 748. The van der Waals surface area contributed by atoms with Crippen molar-refractivity contribution < 1.29 is 75.4 Å². The number of carbonyl (C=O) groups is 1. The Labute approximate surface area is 214 Å². The minimum absolute atomic E-state index is 0.0726. The van der Waals surface area contributed by atoms with Crippen LogP contribution in [0, 0.1) is 0 Å². The highest BCUT2D eigenvalue weighted by Crippen LogP contribution is 2.62. The lowest BCUT2D eigenvalue weighted by Gasteiger charge is -2.41. The number of halogens is 15. The van der Waals surface area contributed by atoms with Gasteiger partial charge in [0.05, 0.1) is 6.61 Å². The number of alkyl halides is 15. The molecular formula is C22H29F15O2. The minimum Gasteiger partial charge on any atom is -0.466 e. The highest BCUT2D eigenvalue weighted by atomic mass is 19.4. The lowest BCUT2D eigenvalue weighted by Crippen LogP contribution is -2.72. The number of rotatable bonds is 19. The van der Waals surface area contributed by atoms with Crippen LogP contribution in [0.4, 0.5) is 65.9 Å². The molecule has 0 aliphatic carbocycles. The fraction of sp³-hybridized carbons (Fsp3) is 0.955. The monoisotopic (exact) mass is 610 g/mol. The van der Waals surface area contributed by atoms with Gasteiger partial charge < -0.3 is 4.74 Å². The Balaban J connectivity index is 4.86. The molecule has 0 fully saturated rings. The van der Waals surface area contributed by atoms with Crippen LogP contribution in [-0.2, 0) is 9.53 Å². The van der Waals surface area contributed by atoms with Crippen LogP contribution < -0.4 is 0 Å². The molecule has 0 saturated carbocycles. The van der Waals surface area contributed by atoms with E-state index in [4.69, 9.17) is 4.74 Å². The lowest BCUT2D eigenvalue weighted by molar-refractivity contribution is -0.452. The largest absolute Gasteiger partial charge is 0.466 e. The molecule has 2 nitrogen and oxygen atoms in total. The first-order valence-corrected chi connectivity index (χ1v) is 11.9. The molecule has 0 radical (unpaired) electrons. The van der Waals surface area contributed by atoms with E-state index in [-0.39, 0.29) is 25.2 Å². The van der Waals surface area contributed by atoms with Crippen LogP contribution in [0.1, 0.15) is 84.0 Å². The molecule has 0 spiro atoms. The molecular weight excluding hydrogens is 581 g/mol.